The monoisotopic (exact) mass is 379 g/mol. The molecule has 0 saturated heterocycles. The van der Waals surface area contributed by atoms with Gasteiger partial charge in [0.15, 0.2) is 17.5 Å². The molecule has 5 rings (SSSR count). The van der Waals surface area contributed by atoms with Crippen LogP contribution in [0.25, 0.3) is 0 Å². The van der Waals surface area contributed by atoms with Crippen LogP contribution in [0.1, 0.15) is 24.0 Å². The molecular weight excluding hydrogens is 354 g/mol. The number of aliphatic imine (C=N–C) groups is 1. The van der Waals surface area contributed by atoms with Gasteiger partial charge in [0.05, 0.1) is 6.54 Å². The molecule has 3 aliphatic rings. The Morgan fingerprint density at radius 3 is 2.75 bits per heavy atom. The molecule has 2 aliphatic heterocycles. The summed E-state index contributed by atoms with van der Waals surface area (Å²) >= 11 is 0. The lowest BCUT2D eigenvalue weighted by Gasteiger charge is -2.20. The fourth-order valence-electron chi connectivity index (χ4n) is 4.00. The first-order valence-electron chi connectivity index (χ1n) is 9.85. The highest BCUT2D eigenvalue weighted by Gasteiger charge is 2.44. The number of nitrogens with zero attached hydrogens (tertiary/aromatic N) is 1. The lowest BCUT2D eigenvalue weighted by atomic mass is 9.95. The maximum absolute atomic E-state index is 6.00. The number of ether oxygens (including phenoxy) is 3. The van der Waals surface area contributed by atoms with E-state index in [0.29, 0.717) is 6.79 Å². The maximum Gasteiger partial charge on any atom is 0.231 e. The van der Waals surface area contributed by atoms with Gasteiger partial charge in [-0.3, -0.25) is 4.99 Å². The molecule has 28 heavy (non-hydrogen) atoms. The van der Waals surface area contributed by atoms with E-state index in [0.717, 1.165) is 55.6 Å². The third-order valence-electron chi connectivity index (χ3n) is 5.87. The zero-order chi connectivity index (χ0) is 19.0. The van der Waals surface area contributed by atoms with Crippen LogP contribution in [0.3, 0.4) is 0 Å². The highest BCUT2D eigenvalue weighted by atomic mass is 16.7. The standard InChI is InChI=1S/C22H25N3O3/c1-23-21(24-12-17-10-15-4-2-3-5-18(15)28-17)25-13-22(8-9-22)16-6-7-19-20(11-16)27-14-26-19/h2-7,11,17H,8-10,12-14H2,1H3,(H2,23,24,25). The van der Waals surface area contributed by atoms with Crippen LogP contribution < -0.4 is 24.8 Å². The number of para-hydroxylation sites is 1. The number of rotatable bonds is 5. The lowest BCUT2D eigenvalue weighted by Crippen LogP contribution is -2.44. The van der Waals surface area contributed by atoms with Crippen molar-refractivity contribution in [1.29, 1.82) is 0 Å². The van der Waals surface area contributed by atoms with Gasteiger partial charge in [-0.05, 0) is 42.2 Å². The fraction of sp³-hybridized carbons (Fsp3) is 0.409. The summed E-state index contributed by atoms with van der Waals surface area (Å²) in [4.78, 5) is 4.37. The first kappa shape index (κ1) is 17.2. The second-order valence-corrected chi connectivity index (χ2v) is 7.71. The second kappa shape index (κ2) is 6.93. The molecule has 1 saturated carbocycles. The number of hydrogen-bond donors (Lipinski definition) is 2. The molecule has 2 aromatic carbocycles. The normalized spacial score (nSPS) is 21.0. The summed E-state index contributed by atoms with van der Waals surface area (Å²) in [6.07, 6.45) is 3.40. The number of nitrogens with one attached hydrogen (secondary N) is 2. The van der Waals surface area contributed by atoms with Crippen LogP contribution in [-0.2, 0) is 11.8 Å². The van der Waals surface area contributed by atoms with Gasteiger partial charge in [-0.15, -0.1) is 0 Å². The van der Waals surface area contributed by atoms with E-state index < -0.39 is 0 Å². The van der Waals surface area contributed by atoms with Crippen LogP contribution in [0.5, 0.6) is 17.2 Å². The number of fused-ring (bicyclic) bond motifs is 2. The summed E-state index contributed by atoms with van der Waals surface area (Å²) in [6, 6.07) is 14.5. The predicted molar refractivity (Wildman–Crippen MR) is 107 cm³/mol. The first-order valence-corrected chi connectivity index (χ1v) is 9.85. The highest BCUT2D eigenvalue weighted by molar-refractivity contribution is 5.80. The third-order valence-corrected chi connectivity index (χ3v) is 5.87. The average Bonchev–Trinajstić information content (AvgIpc) is 3.18. The number of hydrogen-bond acceptors (Lipinski definition) is 4. The summed E-state index contributed by atoms with van der Waals surface area (Å²) in [5.41, 5.74) is 2.73. The van der Waals surface area contributed by atoms with Gasteiger partial charge in [0, 0.05) is 25.4 Å². The molecule has 1 aliphatic carbocycles. The SMILES string of the molecule is CN=C(NCC1Cc2ccccc2O1)NCC1(c2ccc3c(c2)OCO3)CC1. The van der Waals surface area contributed by atoms with Crippen LogP contribution >= 0.6 is 0 Å². The topological polar surface area (TPSA) is 64.1 Å². The summed E-state index contributed by atoms with van der Waals surface area (Å²) in [7, 11) is 1.81. The van der Waals surface area contributed by atoms with Gasteiger partial charge in [-0.25, -0.2) is 0 Å². The minimum Gasteiger partial charge on any atom is -0.488 e. The van der Waals surface area contributed by atoms with Gasteiger partial charge in [-0.2, -0.15) is 0 Å². The summed E-state index contributed by atoms with van der Waals surface area (Å²) < 4.78 is 17.0. The van der Waals surface area contributed by atoms with Crippen LogP contribution in [0.2, 0.25) is 0 Å². The van der Waals surface area contributed by atoms with E-state index in [9.17, 15) is 0 Å². The Balaban J connectivity index is 1.16. The number of guanidine groups is 1. The molecule has 0 aromatic heterocycles. The molecule has 2 N–H and O–H groups in total. The van der Waals surface area contributed by atoms with E-state index in [-0.39, 0.29) is 11.5 Å². The van der Waals surface area contributed by atoms with Crippen molar-refractivity contribution in [3.8, 4) is 17.2 Å². The van der Waals surface area contributed by atoms with E-state index in [2.05, 4.69) is 39.9 Å². The van der Waals surface area contributed by atoms with Crippen molar-refractivity contribution in [2.75, 3.05) is 26.9 Å². The predicted octanol–water partition coefficient (Wildman–Crippen LogP) is 2.62. The van der Waals surface area contributed by atoms with E-state index in [1.165, 1.54) is 11.1 Å². The average molecular weight is 379 g/mol. The molecule has 2 aromatic rings. The van der Waals surface area contributed by atoms with Crippen molar-refractivity contribution in [2.45, 2.75) is 30.8 Å². The Hall–Kier alpha value is -2.89. The lowest BCUT2D eigenvalue weighted by molar-refractivity contribution is 0.174. The second-order valence-electron chi connectivity index (χ2n) is 7.71. The van der Waals surface area contributed by atoms with Crippen LogP contribution in [0.15, 0.2) is 47.5 Å². The van der Waals surface area contributed by atoms with Crippen molar-refractivity contribution in [2.24, 2.45) is 4.99 Å². The van der Waals surface area contributed by atoms with Crippen LogP contribution in [0, 0.1) is 0 Å². The van der Waals surface area contributed by atoms with Crippen LogP contribution in [-0.4, -0.2) is 39.0 Å². The largest absolute Gasteiger partial charge is 0.488 e. The first-order chi connectivity index (χ1) is 13.8. The molecule has 1 fully saturated rings. The maximum atomic E-state index is 6.00. The zero-order valence-corrected chi connectivity index (χ0v) is 16.0. The van der Waals surface area contributed by atoms with Gasteiger partial charge in [0.25, 0.3) is 0 Å². The Morgan fingerprint density at radius 2 is 1.93 bits per heavy atom. The Morgan fingerprint density at radius 1 is 1.07 bits per heavy atom. The van der Waals surface area contributed by atoms with Gasteiger partial charge < -0.3 is 24.8 Å². The fourth-order valence-corrected chi connectivity index (χ4v) is 4.00. The van der Waals surface area contributed by atoms with Gasteiger partial charge >= 0.3 is 0 Å². The van der Waals surface area contributed by atoms with Crippen molar-refractivity contribution in [1.82, 2.24) is 10.6 Å². The van der Waals surface area contributed by atoms with Crippen molar-refractivity contribution >= 4 is 5.96 Å². The molecule has 1 atom stereocenters. The van der Waals surface area contributed by atoms with E-state index in [4.69, 9.17) is 14.2 Å². The van der Waals surface area contributed by atoms with E-state index in [1.807, 2.05) is 18.2 Å². The Labute approximate surface area is 164 Å². The molecule has 0 radical (unpaired) electrons. The molecule has 0 spiro atoms. The third kappa shape index (κ3) is 3.23. The summed E-state index contributed by atoms with van der Waals surface area (Å²) in [6.45, 7) is 1.89. The Kier molecular flexibility index (Phi) is 4.26. The highest BCUT2D eigenvalue weighted by Crippen LogP contribution is 2.49. The minimum absolute atomic E-state index is 0.139. The Bertz CT molecular complexity index is 883. The molecule has 2 heterocycles. The van der Waals surface area contributed by atoms with Gasteiger partial charge in [0.2, 0.25) is 6.79 Å². The van der Waals surface area contributed by atoms with E-state index in [1.54, 1.807) is 7.05 Å². The van der Waals surface area contributed by atoms with Crippen molar-refractivity contribution in [3.63, 3.8) is 0 Å². The molecule has 0 amide bonds. The smallest absolute Gasteiger partial charge is 0.231 e. The van der Waals surface area contributed by atoms with Gasteiger partial charge in [-0.1, -0.05) is 24.3 Å². The molecule has 6 nitrogen and oxygen atoms in total. The number of benzene rings is 2. The zero-order valence-electron chi connectivity index (χ0n) is 16.0. The van der Waals surface area contributed by atoms with Crippen molar-refractivity contribution in [3.05, 3.63) is 53.6 Å². The van der Waals surface area contributed by atoms with Crippen molar-refractivity contribution < 1.29 is 14.2 Å². The quantitative estimate of drug-likeness (QED) is 0.618. The van der Waals surface area contributed by atoms with Crippen LogP contribution in [0.4, 0.5) is 0 Å². The van der Waals surface area contributed by atoms with Gasteiger partial charge in [0.1, 0.15) is 11.9 Å². The summed E-state index contributed by atoms with van der Waals surface area (Å²) in [5, 5.41) is 6.90. The molecule has 1 unspecified atom stereocenters. The molecule has 6 heteroatoms. The summed E-state index contributed by atoms with van der Waals surface area (Å²) in [5.74, 6) is 3.50. The molecular formula is C22H25N3O3. The molecule has 0 bridgehead atoms. The minimum atomic E-state index is 0.139. The molecule has 146 valence electrons. The van der Waals surface area contributed by atoms with E-state index >= 15 is 0 Å².